The first-order chi connectivity index (χ1) is 12.0. The van der Waals surface area contributed by atoms with Gasteiger partial charge in [0.15, 0.2) is 5.65 Å². The van der Waals surface area contributed by atoms with E-state index >= 15 is 0 Å². The van der Waals surface area contributed by atoms with Crippen molar-refractivity contribution in [3.63, 3.8) is 0 Å². The number of ether oxygens (including phenoxy) is 2. The summed E-state index contributed by atoms with van der Waals surface area (Å²) in [6, 6.07) is 7.51. The van der Waals surface area contributed by atoms with Gasteiger partial charge in [-0.1, -0.05) is 0 Å². The summed E-state index contributed by atoms with van der Waals surface area (Å²) in [5.41, 5.74) is 1.93. The minimum Gasteiger partial charge on any atom is -0.493 e. The molecule has 0 saturated heterocycles. The van der Waals surface area contributed by atoms with Gasteiger partial charge in [-0.3, -0.25) is 4.68 Å². The minimum absolute atomic E-state index is 0.226. The van der Waals surface area contributed by atoms with Crippen LogP contribution in [-0.2, 0) is 11.8 Å². The molecule has 0 unspecified atom stereocenters. The van der Waals surface area contributed by atoms with Crippen molar-refractivity contribution in [3.05, 3.63) is 53.6 Å². The fraction of sp³-hybridized carbons (Fsp3) is 0.278. The van der Waals surface area contributed by atoms with Crippen molar-refractivity contribution in [1.29, 1.82) is 0 Å². The first kappa shape index (κ1) is 16.9. The Morgan fingerprint density at radius 2 is 2.00 bits per heavy atom. The molecule has 2 aromatic heterocycles. The van der Waals surface area contributed by atoms with Gasteiger partial charge in [0.1, 0.15) is 11.6 Å². The third kappa shape index (κ3) is 3.93. The van der Waals surface area contributed by atoms with Crippen molar-refractivity contribution in [1.82, 2.24) is 14.8 Å². The van der Waals surface area contributed by atoms with E-state index in [4.69, 9.17) is 9.47 Å². The predicted octanol–water partition coefficient (Wildman–Crippen LogP) is 3.04. The highest BCUT2D eigenvalue weighted by molar-refractivity contribution is 5.93. The molecule has 0 amide bonds. The number of aromatic nitrogens is 3. The maximum atomic E-state index is 12.8. The maximum Gasteiger partial charge on any atom is 0.339 e. The first-order valence-electron chi connectivity index (χ1n) is 7.89. The van der Waals surface area contributed by atoms with Gasteiger partial charge in [0.05, 0.1) is 24.5 Å². The zero-order chi connectivity index (χ0) is 17.8. The molecule has 3 aromatic rings. The van der Waals surface area contributed by atoms with Gasteiger partial charge in [-0.2, -0.15) is 5.10 Å². The second-order valence-electron chi connectivity index (χ2n) is 5.60. The number of hydrogen-bond donors (Lipinski definition) is 0. The third-order valence-corrected chi connectivity index (χ3v) is 3.70. The van der Waals surface area contributed by atoms with Crippen LogP contribution >= 0.6 is 0 Å². The molecular weight excluding hydrogens is 325 g/mol. The van der Waals surface area contributed by atoms with E-state index in [2.05, 4.69) is 10.1 Å². The lowest BCUT2D eigenvalue weighted by molar-refractivity contribution is 0.0485. The molecule has 2 heterocycles. The van der Waals surface area contributed by atoms with Crippen LogP contribution in [0.15, 0.2) is 36.5 Å². The number of benzene rings is 1. The molecule has 1 aromatic carbocycles. The Bertz CT molecular complexity index is 890. The highest BCUT2D eigenvalue weighted by Crippen LogP contribution is 2.17. The van der Waals surface area contributed by atoms with E-state index in [0.717, 1.165) is 16.7 Å². The molecule has 0 bridgehead atoms. The molecule has 7 heteroatoms. The van der Waals surface area contributed by atoms with Crippen molar-refractivity contribution in [2.24, 2.45) is 7.05 Å². The number of carbonyl (C=O) groups is 1. The topological polar surface area (TPSA) is 66.2 Å². The van der Waals surface area contributed by atoms with Crippen LogP contribution in [0.2, 0.25) is 0 Å². The number of fused-ring (bicyclic) bond motifs is 1. The standard InChI is InChI=1S/C18H18FN3O3/c1-12-16-10-13(11-20-17(16)22(2)21-12)18(23)25-9-3-8-24-15-6-4-14(19)5-7-15/h4-7,10-11H,3,8-9H2,1-2H3. The molecule has 0 saturated carbocycles. The fourth-order valence-electron chi connectivity index (χ4n) is 2.45. The Labute approximate surface area is 144 Å². The quantitative estimate of drug-likeness (QED) is 0.508. The molecule has 0 atom stereocenters. The number of esters is 1. The largest absolute Gasteiger partial charge is 0.493 e. The molecule has 0 spiro atoms. The lowest BCUT2D eigenvalue weighted by Gasteiger charge is -2.07. The summed E-state index contributed by atoms with van der Waals surface area (Å²) in [5.74, 6) is -0.162. The first-order valence-corrected chi connectivity index (χ1v) is 7.89. The van der Waals surface area contributed by atoms with E-state index < -0.39 is 5.97 Å². The van der Waals surface area contributed by atoms with Crippen LogP contribution in [0.1, 0.15) is 22.5 Å². The zero-order valence-electron chi connectivity index (χ0n) is 14.0. The van der Waals surface area contributed by atoms with Crippen LogP contribution in [0.3, 0.4) is 0 Å². The second-order valence-corrected chi connectivity index (χ2v) is 5.60. The van der Waals surface area contributed by atoms with Gasteiger partial charge >= 0.3 is 5.97 Å². The lowest BCUT2D eigenvalue weighted by atomic mass is 10.2. The van der Waals surface area contributed by atoms with Crippen LogP contribution in [0.4, 0.5) is 4.39 Å². The molecule has 0 aliphatic carbocycles. The van der Waals surface area contributed by atoms with E-state index in [0.29, 0.717) is 24.3 Å². The molecule has 6 nitrogen and oxygen atoms in total. The normalized spacial score (nSPS) is 10.8. The summed E-state index contributed by atoms with van der Waals surface area (Å²) in [5, 5.41) is 5.10. The van der Waals surface area contributed by atoms with Gasteiger partial charge in [0.25, 0.3) is 0 Å². The highest BCUT2D eigenvalue weighted by atomic mass is 19.1. The van der Waals surface area contributed by atoms with Crippen molar-refractivity contribution in [2.45, 2.75) is 13.3 Å². The molecule has 0 radical (unpaired) electrons. The second kappa shape index (κ2) is 7.29. The van der Waals surface area contributed by atoms with Gasteiger partial charge in [-0.15, -0.1) is 0 Å². The molecule has 25 heavy (non-hydrogen) atoms. The van der Waals surface area contributed by atoms with E-state index in [-0.39, 0.29) is 12.4 Å². The molecule has 0 fully saturated rings. The van der Waals surface area contributed by atoms with Crippen molar-refractivity contribution >= 4 is 17.0 Å². The monoisotopic (exact) mass is 343 g/mol. The number of carbonyl (C=O) groups excluding carboxylic acids is 1. The van der Waals surface area contributed by atoms with Crippen molar-refractivity contribution in [3.8, 4) is 5.75 Å². The molecule has 0 N–H and O–H groups in total. The smallest absolute Gasteiger partial charge is 0.339 e. The summed E-state index contributed by atoms with van der Waals surface area (Å²) in [7, 11) is 1.81. The number of rotatable bonds is 6. The third-order valence-electron chi connectivity index (χ3n) is 3.70. The average molecular weight is 343 g/mol. The SMILES string of the molecule is Cc1nn(C)c2ncc(C(=O)OCCCOc3ccc(F)cc3)cc12. The van der Waals surface area contributed by atoms with Gasteiger partial charge < -0.3 is 9.47 Å². The summed E-state index contributed by atoms with van der Waals surface area (Å²) in [6.45, 7) is 2.47. The molecule has 0 aliphatic heterocycles. The number of halogens is 1. The average Bonchev–Trinajstić information content (AvgIpc) is 2.90. The van der Waals surface area contributed by atoms with Gasteiger partial charge in [-0.05, 0) is 37.3 Å². The zero-order valence-corrected chi connectivity index (χ0v) is 14.0. The summed E-state index contributed by atoms with van der Waals surface area (Å²) < 4.78 is 25.1. The van der Waals surface area contributed by atoms with Gasteiger partial charge in [0, 0.05) is 25.1 Å². The number of pyridine rings is 1. The van der Waals surface area contributed by atoms with E-state index in [1.54, 1.807) is 29.9 Å². The summed E-state index contributed by atoms with van der Waals surface area (Å²) >= 11 is 0. The van der Waals surface area contributed by atoms with Crippen LogP contribution in [0.5, 0.6) is 5.75 Å². The van der Waals surface area contributed by atoms with Crippen LogP contribution in [-0.4, -0.2) is 33.9 Å². The lowest BCUT2D eigenvalue weighted by Crippen LogP contribution is -2.09. The van der Waals surface area contributed by atoms with Crippen LogP contribution < -0.4 is 4.74 Å². The van der Waals surface area contributed by atoms with Gasteiger partial charge in [0.2, 0.25) is 0 Å². The Morgan fingerprint density at radius 3 is 2.76 bits per heavy atom. The van der Waals surface area contributed by atoms with Gasteiger partial charge in [-0.25, -0.2) is 14.2 Å². The van der Waals surface area contributed by atoms with Crippen LogP contribution in [0, 0.1) is 12.7 Å². The summed E-state index contributed by atoms with van der Waals surface area (Å²) in [4.78, 5) is 16.4. The maximum absolute atomic E-state index is 12.8. The van der Waals surface area contributed by atoms with E-state index in [1.807, 2.05) is 6.92 Å². The van der Waals surface area contributed by atoms with Crippen LogP contribution in [0.25, 0.3) is 11.0 Å². The Morgan fingerprint density at radius 1 is 1.24 bits per heavy atom. The fourth-order valence-corrected chi connectivity index (χ4v) is 2.45. The Kier molecular flexibility index (Phi) is 4.92. The number of aryl methyl sites for hydroxylation is 2. The predicted molar refractivity (Wildman–Crippen MR) is 90.0 cm³/mol. The summed E-state index contributed by atoms with van der Waals surface area (Å²) in [6.07, 6.45) is 2.02. The highest BCUT2D eigenvalue weighted by Gasteiger charge is 2.12. The molecular formula is C18H18FN3O3. The Hall–Kier alpha value is -2.96. The Balaban J connectivity index is 1.49. The molecule has 130 valence electrons. The van der Waals surface area contributed by atoms with Crippen molar-refractivity contribution in [2.75, 3.05) is 13.2 Å². The number of nitrogens with zero attached hydrogens (tertiary/aromatic N) is 3. The minimum atomic E-state index is -0.431. The van der Waals surface area contributed by atoms with E-state index in [1.165, 1.54) is 18.3 Å². The number of hydrogen-bond acceptors (Lipinski definition) is 5. The molecule has 0 aliphatic rings. The van der Waals surface area contributed by atoms with Crippen molar-refractivity contribution < 1.29 is 18.7 Å². The molecule has 3 rings (SSSR count). The van der Waals surface area contributed by atoms with E-state index in [9.17, 15) is 9.18 Å².